The normalized spacial score (nSPS) is 10.7. The molecule has 0 aliphatic heterocycles. The maximum Gasteiger partial charge on any atom is 1.00 e. The van der Waals surface area contributed by atoms with E-state index in [4.69, 9.17) is 4.74 Å². The molecular weight excluding hydrogens is 301 g/mol. The SMILES string of the molecule is CCOc1ncc(Br)cc1[B-](F)(F)F.[K+]. The molecular formula is C7H7BBrF3KNO. The minimum atomic E-state index is -5.08. The van der Waals surface area contributed by atoms with Crippen LogP contribution >= 0.6 is 15.9 Å². The first-order valence-corrected chi connectivity index (χ1v) is 4.72. The van der Waals surface area contributed by atoms with Gasteiger partial charge < -0.3 is 17.7 Å². The van der Waals surface area contributed by atoms with E-state index in [-0.39, 0.29) is 68.3 Å². The van der Waals surface area contributed by atoms with Crippen molar-refractivity contribution in [1.29, 1.82) is 0 Å². The second-order valence-corrected chi connectivity index (χ2v) is 3.47. The Morgan fingerprint density at radius 3 is 2.53 bits per heavy atom. The molecule has 0 aromatic carbocycles. The van der Waals surface area contributed by atoms with Gasteiger partial charge >= 0.3 is 58.4 Å². The second kappa shape index (κ2) is 6.61. The quantitative estimate of drug-likeness (QED) is 0.689. The van der Waals surface area contributed by atoms with Crippen molar-refractivity contribution in [2.75, 3.05) is 6.61 Å². The van der Waals surface area contributed by atoms with Crippen molar-refractivity contribution in [3.8, 4) is 5.88 Å². The van der Waals surface area contributed by atoms with Crippen molar-refractivity contribution in [3.05, 3.63) is 16.7 Å². The monoisotopic (exact) mass is 307 g/mol. The topological polar surface area (TPSA) is 22.1 Å². The van der Waals surface area contributed by atoms with Crippen LogP contribution < -0.4 is 61.6 Å². The number of hydrogen-bond acceptors (Lipinski definition) is 2. The van der Waals surface area contributed by atoms with Gasteiger partial charge in [0, 0.05) is 10.7 Å². The average Bonchev–Trinajstić information content (AvgIpc) is 2.07. The van der Waals surface area contributed by atoms with Crippen LogP contribution in [0.3, 0.4) is 0 Å². The second-order valence-electron chi connectivity index (χ2n) is 2.56. The molecule has 1 heterocycles. The van der Waals surface area contributed by atoms with Crippen molar-refractivity contribution < 1.29 is 69.1 Å². The Hall–Kier alpha value is 0.921. The zero-order valence-electron chi connectivity index (χ0n) is 8.31. The third kappa shape index (κ3) is 4.74. The van der Waals surface area contributed by atoms with Gasteiger partial charge in [-0.3, -0.25) is 0 Å². The molecule has 0 aliphatic rings. The number of rotatable bonds is 3. The van der Waals surface area contributed by atoms with Gasteiger partial charge in [-0.1, -0.05) is 6.07 Å². The van der Waals surface area contributed by atoms with Crippen molar-refractivity contribution in [2.45, 2.75) is 6.92 Å². The van der Waals surface area contributed by atoms with E-state index < -0.39 is 12.4 Å². The van der Waals surface area contributed by atoms with Gasteiger partial charge in [-0.2, -0.15) is 0 Å². The fraction of sp³-hybridized carbons (Fsp3) is 0.286. The number of ether oxygens (including phenoxy) is 1. The predicted octanol–water partition coefficient (Wildman–Crippen LogP) is -0.699. The molecule has 0 aliphatic carbocycles. The molecule has 78 valence electrons. The van der Waals surface area contributed by atoms with Gasteiger partial charge in [-0.25, -0.2) is 4.98 Å². The summed E-state index contributed by atoms with van der Waals surface area (Å²) in [7, 11) is 0. The van der Waals surface area contributed by atoms with Crippen LogP contribution in [0.25, 0.3) is 0 Å². The molecule has 1 aromatic heterocycles. The summed E-state index contributed by atoms with van der Waals surface area (Å²) >= 11 is 2.93. The van der Waals surface area contributed by atoms with E-state index in [0.717, 1.165) is 6.07 Å². The van der Waals surface area contributed by atoms with Crippen LogP contribution in [0.15, 0.2) is 16.7 Å². The minimum absolute atomic E-state index is 0. The summed E-state index contributed by atoms with van der Waals surface area (Å²) in [4.78, 5) is 3.56. The summed E-state index contributed by atoms with van der Waals surface area (Å²) in [5.74, 6) is -0.358. The van der Waals surface area contributed by atoms with Crippen LogP contribution in [0, 0.1) is 0 Å². The van der Waals surface area contributed by atoms with Gasteiger partial charge in [-0.05, 0) is 28.3 Å². The first kappa shape index (κ1) is 15.9. The molecule has 0 saturated heterocycles. The van der Waals surface area contributed by atoms with Crippen LogP contribution in [-0.4, -0.2) is 18.6 Å². The van der Waals surface area contributed by atoms with Gasteiger partial charge in [0.05, 0.1) is 6.61 Å². The molecule has 0 unspecified atom stereocenters. The fourth-order valence-electron chi connectivity index (χ4n) is 0.934. The van der Waals surface area contributed by atoms with E-state index in [0.29, 0.717) is 0 Å². The van der Waals surface area contributed by atoms with Crippen LogP contribution in [0.5, 0.6) is 5.88 Å². The Morgan fingerprint density at radius 1 is 1.47 bits per heavy atom. The average molecular weight is 308 g/mol. The summed E-state index contributed by atoms with van der Waals surface area (Å²) < 4.78 is 42.5. The van der Waals surface area contributed by atoms with Crippen molar-refractivity contribution in [2.24, 2.45) is 0 Å². The number of halogens is 4. The largest absolute Gasteiger partial charge is 1.00 e. The predicted molar refractivity (Wildman–Crippen MR) is 51.8 cm³/mol. The number of nitrogens with zero attached hydrogens (tertiary/aromatic N) is 1. The molecule has 15 heavy (non-hydrogen) atoms. The molecule has 0 saturated carbocycles. The minimum Gasteiger partial charge on any atom is -0.480 e. The molecule has 1 aromatic rings. The maximum absolute atomic E-state index is 12.5. The molecule has 0 spiro atoms. The van der Waals surface area contributed by atoms with Crippen LogP contribution in [-0.2, 0) is 0 Å². The zero-order valence-corrected chi connectivity index (χ0v) is 13.0. The van der Waals surface area contributed by atoms with Gasteiger partial charge in [0.1, 0.15) is 0 Å². The van der Waals surface area contributed by atoms with E-state index in [1.165, 1.54) is 6.20 Å². The first-order chi connectivity index (χ1) is 6.45. The first-order valence-electron chi connectivity index (χ1n) is 3.93. The van der Waals surface area contributed by atoms with Gasteiger partial charge in [0.2, 0.25) is 0 Å². The number of hydrogen-bond donors (Lipinski definition) is 0. The molecule has 0 N–H and O–H groups in total. The van der Waals surface area contributed by atoms with E-state index in [1.54, 1.807) is 6.92 Å². The number of aromatic nitrogens is 1. The Morgan fingerprint density at radius 2 is 2.07 bits per heavy atom. The molecule has 2 nitrogen and oxygen atoms in total. The van der Waals surface area contributed by atoms with E-state index in [1.807, 2.05) is 0 Å². The molecule has 8 heteroatoms. The summed E-state index contributed by atoms with van der Waals surface area (Å²) in [6.45, 7) is -3.31. The van der Waals surface area contributed by atoms with E-state index in [9.17, 15) is 12.9 Å². The van der Waals surface area contributed by atoms with E-state index in [2.05, 4.69) is 20.9 Å². The Balaban J connectivity index is 0.00000196. The van der Waals surface area contributed by atoms with Gasteiger partial charge in [-0.15, -0.1) is 0 Å². The van der Waals surface area contributed by atoms with Crippen molar-refractivity contribution >= 4 is 28.4 Å². The van der Waals surface area contributed by atoms with Crippen LogP contribution in [0.2, 0.25) is 0 Å². The third-order valence-electron chi connectivity index (χ3n) is 1.48. The third-order valence-corrected chi connectivity index (χ3v) is 1.91. The van der Waals surface area contributed by atoms with Crippen LogP contribution in [0.1, 0.15) is 6.92 Å². The maximum atomic E-state index is 12.5. The smallest absolute Gasteiger partial charge is 0.480 e. The Kier molecular flexibility index (Phi) is 7.01. The van der Waals surface area contributed by atoms with E-state index >= 15 is 0 Å². The molecule has 0 fully saturated rings. The Labute approximate surface area is 137 Å². The van der Waals surface area contributed by atoms with Crippen LogP contribution in [0.4, 0.5) is 12.9 Å². The van der Waals surface area contributed by atoms with Gasteiger partial charge in [0.25, 0.3) is 0 Å². The van der Waals surface area contributed by atoms with Gasteiger partial charge in [0.15, 0.2) is 5.88 Å². The molecule has 1 rings (SSSR count). The van der Waals surface area contributed by atoms with Crippen molar-refractivity contribution in [1.82, 2.24) is 4.98 Å². The zero-order chi connectivity index (χ0) is 10.8. The summed E-state index contributed by atoms with van der Waals surface area (Å²) in [6.07, 6.45) is 1.27. The molecule has 0 bridgehead atoms. The Bertz CT molecular complexity index is 337. The summed E-state index contributed by atoms with van der Waals surface area (Å²) in [6, 6.07) is 0.970. The molecule has 0 amide bonds. The fourth-order valence-corrected chi connectivity index (χ4v) is 1.28. The summed E-state index contributed by atoms with van der Waals surface area (Å²) in [5.41, 5.74) is -0.804. The molecule has 0 radical (unpaired) electrons. The number of pyridine rings is 1. The van der Waals surface area contributed by atoms with Crippen molar-refractivity contribution in [3.63, 3.8) is 0 Å². The standard InChI is InChI=1S/C7H7BBrF3NO.K/c1-2-14-7-6(8(10,11)12)3-5(9)4-13-7;/h3-4H,2H2,1H3;/q-1;+1. The molecule has 0 atom stereocenters. The summed E-state index contributed by atoms with van der Waals surface area (Å²) in [5, 5.41) is 0.